The number of rotatable bonds is 0. The molecule has 0 saturated heterocycles. The summed E-state index contributed by atoms with van der Waals surface area (Å²) in [5, 5.41) is 0. The molecule has 24 heavy (non-hydrogen) atoms. The van der Waals surface area contributed by atoms with Gasteiger partial charge < -0.3 is 0 Å². The fourth-order valence-corrected chi connectivity index (χ4v) is 5.00. The summed E-state index contributed by atoms with van der Waals surface area (Å²) in [4.78, 5) is 0. The highest BCUT2D eigenvalue weighted by Gasteiger charge is 2.51. The number of terminal acetylenes is 1. The second kappa shape index (κ2) is 4.40. The minimum absolute atomic E-state index is 0.294. The Hall–Kier alpha value is -2.78. The van der Waals surface area contributed by atoms with Gasteiger partial charge in [0.1, 0.15) is 5.41 Å². The van der Waals surface area contributed by atoms with E-state index in [9.17, 15) is 0 Å². The van der Waals surface area contributed by atoms with Crippen LogP contribution in [0.4, 0.5) is 0 Å². The lowest BCUT2D eigenvalue weighted by Gasteiger charge is -2.49. The zero-order valence-electron chi connectivity index (χ0n) is 13.9. The predicted molar refractivity (Wildman–Crippen MR) is 98.5 cm³/mol. The van der Waals surface area contributed by atoms with Gasteiger partial charge in [-0.15, -0.1) is 6.42 Å². The van der Waals surface area contributed by atoms with E-state index in [0.717, 1.165) is 0 Å². The quantitative estimate of drug-likeness (QED) is 0.508. The van der Waals surface area contributed by atoms with Crippen LogP contribution < -0.4 is 0 Å². The van der Waals surface area contributed by atoms with Crippen molar-refractivity contribution in [2.45, 2.75) is 25.2 Å². The summed E-state index contributed by atoms with van der Waals surface area (Å²) in [5.41, 5.74) is 10.2. The average molecular weight is 306 g/mol. The smallest absolute Gasteiger partial charge is 0.107 e. The Labute approximate surface area is 143 Å². The van der Waals surface area contributed by atoms with Gasteiger partial charge in [0.2, 0.25) is 0 Å². The summed E-state index contributed by atoms with van der Waals surface area (Å²) in [6.45, 7) is 4.41. The summed E-state index contributed by atoms with van der Waals surface area (Å²) in [6, 6.07) is 21.9. The first-order valence-electron chi connectivity index (χ1n) is 8.47. The van der Waals surface area contributed by atoms with E-state index in [4.69, 9.17) is 6.42 Å². The van der Waals surface area contributed by atoms with Crippen LogP contribution in [-0.4, -0.2) is 0 Å². The normalized spacial score (nSPS) is 22.3. The van der Waals surface area contributed by atoms with Gasteiger partial charge in [-0.1, -0.05) is 66.6 Å². The summed E-state index contributed by atoms with van der Waals surface area (Å²) in [5.74, 6) is 3.54. The molecule has 3 aliphatic carbocycles. The minimum Gasteiger partial charge on any atom is -0.118 e. The van der Waals surface area contributed by atoms with Crippen LogP contribution in [0.3, 0.4) is 0 Å². The lowest BCUT2D eigenvalue weighted by Crippen LogP contribution is -2.42. The summed E-state index contributed by atoms with van der Waals surface area (Å²) >= 11 is 0. The van der Waals surface area contributed by atoms with Gasteiger partial charge in [-0.05, 0) is 58.4 Å². The van der Waals surface area contributed by atoms with Crippen molar-refractivity contribution in [3.63, 3.8) is 0 Å². The molecule has 0 saturated carbocycles. The molecule has 0 aliphatic heterocycles. The van der Waals surface area contributed by atoms with Gasteiger partial charge in [0.05, 0.1) is 0 Å². The second-order valence-electron chi connectivity index (χ2n) is 6.99. The minimum atomic E-state index is -0.465. The molecule has 6 rings (SSSR count). The monoisotopic (exact) mass is 306 g/mol. The molecule has 3 aliphatic rings. The molecular weight excluding hydrogens is 288 g/mol. The van der Waals surface area contributed by atoms with Gasteiger partial charge in [0.15, 0.2) is 0 Å². The highest BCUT2D eigenvalue weighted by atomic mass is 14.5. The van der Waals surface area contributed by atoms with Gasteiger partial charge in [-0.25, -0.2) is 0 Å². The van der Waals surface area contributed by atoms with Crippen LogP contribution >= 0.6 is 0 Å². The molecule has 0 heterocycles. The van der Waals surface area contributed by atoms with Crippen molar-refractivity contribution < 1.29 is 0 Å². The van der Waals surface area contributed by atoms with E-state index in [0.29, 0.717) is 5.92 Å². The molecule has 0 atom stereocenters. The van der Waals surface area contributed by atoms with E-state index in [1.807, 2.05) is 0 Å². The van der Waals surface area contributed by atoms with E-state index >= 15 is 0 Å². The first-order valence-corrected chi connectivity index (χ1v) is 8.47. The van der Waals surface area contributed by atoms with E-state index in [2.05, 4.69) is 80.4 Å². The molecule has 0 amide bonds. The van der Waals surface area contributed by atoms with E-state index in [1.54, 1.807) is 0 Å². The van der Waals surface area contributed by atoms with Gasteiger partial charge in [0.25, 0.3) is 0 Å². The molecule has 0 fully saturated rings. The lowest BCUT2D eigenvalue weighted by atomic mass is 9.52. The molecule has 0 N–H and O–H groups in total. The standard InChI is InChI=1S/C24H18/c1-4-24-19-11-7-5-9-17(19)22(18-10-6-8-12-20(18)24)21-15(2)13-14-16(3)23(21)24/h1,5-14,22H,2-3H3. The Bertz CT molecular complexity index is 998. The van der Waals surface area contributed by atoms with Crippen LogP contribution in [-0.2, 0) is 5.41 Å². The van der Waals surface area contributed by atoms with Crippen LogP contribution in [0.5, 0.6) is 0 Å². The first kappa shape index (κ1) is 13.6. The number of aryl methyl sites for hydroxylation is 2. The third kappa shape index (κ3) is 1.33. The Morgan fingerprint density at radius 3 is 1.92 bits per heavy atom. The fourth-order valence-electron chi connectivity index (χ4n) is 5.00. The third-order valence-corrected chi connectivity index (χ3v) is 5.90. The van der Waals surface area contributed by atoms with Crippen molar-refractivity contribution in [2.75, 3.05) is 0 Å². The van der Waals surface area contributed by atoms with Crippen molar-refractivity contribution in [3.05, 3.63) is 105 Å². The molecule has 0 radical (unpaired) electrons. The molecule has 114 valence electrons. The number of benzene rings is 3. The predicted octanol–water partition coefficient (Wildman–Crippen LogP) is 5.08. The first-order chi connectivity index (χ1) is 11.7. The molecule has 0 nitrogen and oxygen atoms in total. The zero-order chi connectivity index (χ0) is 16.5. The lowest BCUT2D eigenvalue weighted by molar-refractivity contribution is 0.658. The number of hydrogen-bond donors (Lipinski definition) is 0. The van der Waals surface area contributed by atoms with Crippen molar-refractivity contribution in [1.29, 1.82) is 0 Å². The summed E-state index contributed by atoms with van der Waals surface area (Å²) < 4.78 is 0. The molecule has 0 unspecified atom stereocenters. The van der Waals surface area contributed by atoms with Crippen LogP contribution in [0.1, 0.15) is 50.4 Å². The van der Waals surface area contributed by atoms with E-state index < -0.39 is 5.41 Å². The largest absolute Gasteiger partial charge is 0.118 e. The van der Waals surface area contributed by atoms with Crippen molar-refractivity contribution in [2.24, 2.45) is 0 Å². The van der Waals surface area contributed by atoms with Crippen molar-refractivity contribution >= 4 is 0 Å². The van der Waals surface area contributed by atoms with Gasteiger partial charge >= 0.3 is 0 Å². The molecular formula is C24H18. The molecule has 0 aromatic heterocycles. The van der Waals surface area contributed by atoms with Crippen LogP contribution in [0.2, 0.25) is 0 Å². The maximum absolute atomic E-state index is 6.29. The molecule has 0 spiro atoms. The Morgan fingerprint density at radius 1 is 0.792 bits per heavy atom. The summed E-state index contributed by atoms with van der Waals surface area (Å²) in [6.07, 6.45) is 6.29. The third-order valence-electron chi connectivity index (χ3n) is 5.90. The maximum atomic E-state index is 6.29. The molecule has 0 heteroatoms. The van der Waals surface area contributed by atoms with E-state index in [1.165, 1.54) is 44.5 Å². The van der Waals surface area contributed by atoms with Gasteiger partial charge in [-0.3, -0.25) is 0 Å². The molecule has 3 aromatic carbocycles. The average Bonchev–Trinajstić information content (AvgIpc) is 2.64. The number of hydrogen-bond acceptors (Lipinski definition) is 0. The van der Waals surface area contributed by atoms with Gasteiger partial charge in [-0.2, -0.15) is 0 Å². The van der Waals surface area contributed by atoms with E-state index in [-0.39, 0.29) is 0 Å². The maximum Gasteiger partial charge on any atom is 0.107 e. The van der Waals surface area contributed by atoms with Crippen molar-refractivity contribution in [1.82, 2.24) is 0 Å². The van der Waals surface area contributed by atoms with Crippen LogP contribution in [0.15, 0.2) is 60.7 Å². The Balaban J connectivity index is 2.07. The summed E-state index contributed by atoms with van der Waals surface area (Å²) in [7, 11) is 0. The van der Waals surface area contributed by atoms with Crippen LogP contribution in [0.25, 0.3) is 0 Å². The zero-order valence-corrected chi connectivity index (χ0v) is 13.9. The Kier molecular flexibility index (Phi) is 2.50. The van der Waals surface area contributed by atoms with Crippen molar-refractivity contribution in [3.8, 4) is 12.3 Å². The van der Waals surface area contributed by atoms with Gasteiger partial charge in [0, 0.05) is 5.92 Å². The Morgan fingerprint density at radius 2 is 1.33 bits per heavy atom. The highest BCUT2D eigenvalue weighted by Crippen LogP contribution is 2.60. The second-order valence-corrected chi connectivity index (χ2v) is 6.99. The highest BCUT2D eigenvalue weighted by molar-refractivity contribution is 5.77. The fraction of sp³-hybridized carbons (Fsp3) is 0.167. The topological polar surface area (TPSA) is 0 Å². The molecule has 2 bridgehead atoms. The molecule has 3 aromatic rings. The SMILES string of the molecule is C#CC12c3ccccc3C(c3ccccc31)c1c(C)ccc(C)c12. The van der Waals surface area contributed by atoms with Crippen LogP contribution in [0, 0.1) is 26.2 Å².